The van der Waals surface area contributed by atoms with Gasteiger partial charge in [0.25, 0.3) is 0 Å². The first-order valence-corrected chi connectivity index (χ1v) is 11.3. The maximum atomic E-state index is 13.6. The zero-order valence-corrected chi connectivity index (χ0v) is 19.3. The number of benzene rings is 2. The van der Waals surface area contributed by atoms with Gasteiger partial charge in [-0.1, -0.05) is 48.5 Å². The van der Waals surface area contributed by atoms with Crippen LogP contribution in [0.3, 0.4) is 0 Å². The van der Waals surface area contributed by atoms with Crippen LogP contribution in [0.5, 0.6) is 0 Å². The number of ketones is 1. The number of rotatable bonds is 5. The number of carbonyl (C=O) groups excluding carboxylic acids is 2. The van der Waals surface area contributed by atoms with Crippen molar-refractivity contribution in [1.82, 2.24) is 4.90 Å². The van der Waals surface area contributed by atoms with Crippen LogP contribution in [0, 0.1) is 0 Å². The maximum Gasteiger partial charge on any atom is 0.411 e. The van der Waals surface area contributed by atoms with E-state index < -0.39 is 29.0 Å². The van der Waals surface area contributed by atoms with Crippen molar-refractivity contribution in [3.8, 4) is 0 Å². The van der Waals surface area contributed by atoms with Gasteiger partial charge in [-0.2, -0.15) is 0 Å². The summed E-state index contributed by atoms with van der Waals surface area (Å²) in [7, 11) is 0. The average molecular weight is 451 g/mol. The molecular formula is C26H30N2O5. The highest BCUT2D eigenvalue weighted by molar-refractivity contribution is 6.11. The third-order valence-electron chi connectivity index (χ3n) is 6.39. The second kappa shape index (κ2) is 8.54. The normalized spacial score (nSPS) is 22.2. The van der Waals surface area contributed by atoms with Crippen LogP contribution in [0.2, 0.25) is 0 Å². The molecule has 174 valence electrons. The molecule has 0 aliphatic carbocycles. The van der Waals surface area contributed by atoms with E-state index in [0.29, 0.717) is 5.56 Å². The number of aliphatic carboxylic acids is 1. The van der Waals surface area contributed by atoms with Crippen LogP contribution < -0.4 is 4.90 Å². The molecule has 1 fully saturated rings. The number of carboxylic acid groups (broad SMARTS) is 1. The number of fused-ring (bicyclic) bond motifs is 1. The topological polar surface area (TPSA) is 87.2 Å². The number of ether oxygens (including phenoxy) is 1. The highest BCUT2D eigenvalue weighted by atomic mass is 16.6. The number of likely N-dealkylation sites (tertiary alicyclic amines) is 1. The summed E-state index contributed by atoms with van der Waals surface area (Å²) in [5, 5.41) is 10.4. The molecule has 2 heterocycles. The summed E-state index contributed by atoms with van der Waals surface area (Å²) in [4.78, 5) is 42.9. The van der Waals surface area contributed by atoms with Crippen LogP contribution in [0.25, 0.3) is 0 Å². The lowest BCUT2D eigenvalue weighted by atomic mass is 9.86. The highest BCUT2D eigenvalue weighted by Crippen LogP contribution is 2.40. The molecule has 2 atom stereocenters. The monoisotopic (exact) mass is 450 g/mol. The Balaban J connectivity index is 1.71. The Bertz CT molecular complexity index is 1060. The summed E-state index contributed by atoms with van der Waals surface area (Å²) in [6.45, 7) is 6.00. The van der Waals surface area contributed by atoms with Crippen molar-refractivity contribution in [1.29, 1.82) is 0 Å². The molecule has 0 aromatic heterocycles. The second-order valence-corrected chi connectivity index (χ2v) is 9.77. The van der Waals surface area contributed by atoms with Gasteiger partial charge in [-0.15, -0.1) is 0 Å². The summed E-state index contributed by atoms with van der Waals surface area (Å²) in [6.07, 6.45) is 0.00960. The quantitative estimate of drug-likeness (QED) is 0.699. The van der Waals surface area contributed by atoms with Gasteiger partial charge in [0.15, 0.2) is 5.78 Å². The van der Waals surface area contributed by atoms with Crippen LogP contribution >= 0.6 is 0 Å². The Hall–Kier alpha value is -3.35. The summed E-state index contributed by atoms with van der Waals surface area (Å²) >= 11 is 0. The Kier molecular flexibility index (Phi) is 5.91. The number of nitrogens with zero attached hydrogens (tertiary/aromatic N) is 2. The Morgan fingerprint density at radius 3 is 2.39 bits per heavy atom. The van der Waals surface area contributed by atoms with Crippen LogP contribution in [0.4, 0.5) is 10.5 Å². The molecule has 0 spiro atoms. The zero-order valence-electron chi connectivity index (χ0n) is 19.3. The minimum atomic E-state index is -1.99. The number of hydrogen-bond donors (Lipinski definition) is 1. The molecule has 2 aliphatic heterocycles. The maximum absolute atomic E-state index is 13.6. The number of anilines is 1. The van der Waals surface area contributed by atoms with Crippen molar-refractivity contribution in [3.05, 3.63) is 65.7 Å². The van der Waals surface area contributed by atoms with Gasteiger partial charge < -0.3 is 14.7 Å². The first-order valence-electron chi connectivity index (χ1n) is 11.3. The van der Waals surface area contributed by atoms with Gasteiger partial charge in [0, 0.05) is 31.6 Å². The molecule has 7 nitrogen and oxygen atoms in total. The van der Waals surface area contributed by atoms with Crippen molar-refractivity contribution >= 4 is 23.5 Å². The number of carbonyl (C=O) groups is 3. The molecule has 2 aliphatic rings. The Labute approximate surface area is 193 Å². The highest BCUT2D eigenvalue weighted by Gasteiger charge is 2.60. The predicted molar refractivity (Wildman–Crippen MR) is 124 cm³/mol. The van der Waals surface area contributed by atoms with E-state index in [4.69, 9.17) is 4.74 Å². The molecular weight excluding hydrogens is 420 g/mol. The molecule has 7 heteroatoms. The van der Waals surface area contributed by atoms with E-state index in [2.05, 4.69) is 11.0 Å². The van der Waals surface area contributed by atoms with Gasteiger partial charge in [-0.25, -0.2) is 9.59 Å². The van der Waals surface area contributed by atoms with Crippen molar-refractivity contribution in [3.63, 3.8) is 0 Å². The summed E-state index contributed by atoms with van der Waals surface area (Å²) in [5.41, 5.74) is 0.123. The van der Waals surface area contributed by atoms with Gasteiger partial charge in [0.05, 0.1) is 6.04 Å². The van der Waals surface area contributed by atoms with Gasteiger partial charge in [0.2, 0.25) is 5.54 Å². The van der Waals surface area contributed by atoms with Gasteiger partial charge in [0.1, 0.15) is 5.60 Å². The lowest BCUT2D eigenvalue weighted by Crippen LogP contribution is -2.59. The lowest BCUT2D eigenvalue weighted by Gasteiger charge is -2.34. The summed E-state index contributed by atoms with van der Waals surface area (Å²) in [5.74, 6) is -1.83. The first kappa shape index (κ1) is 22.8. The largest absolute Gasteiger partial charge is 0.479 e. The van der Waals surface area contributed by atoms with Crippen LogP contribution in [-0.4, -0.2) is 58.1 Å². The Morgan fingerprint density at radius 1 is 1.06 bits per heavy atom. The Morgan fingerprint density at radius 2 is 1.73 bits per heavy atom. The summed E-state index contributed by atoms with van der Waals surface area (Å²) in [6, 6.07) is 16.7. The van der Waals surface area contributed by atoms with E-state index >= 15 is 0 Å². The van der Waals surface area contributed by atoms with Gasteiger partial charge in [-0.3, -0.25) is 9.69 Å². The van der Waals surface area contributed by atoms with Crippen molar-refractivity contribution in [2.75, 3.05) is 18.0 Å². The average Bonchev–Trinajstić information content (AvgIpc) is 3.36. The van der Waals surface area contributed by atoms with Crippen LogP contribution in [-0.2, 0) is 27.2 Å². The zero-order chi connectivity index (χ0) is 23.8. The van der Waals surface area contributed by atoms with Crippen LogP contribution in [0.1, 0.15) is 38.3 Å². The molecule has 0 radical (unpaired) electrons. The van der Waals surface area contributed by atoms with E-state index in [1.807, 2.05) is 24.3 Å². The van der Waals surface area contributed by atoms with Crippen molar-refractivity contribution < 1.29 is 24.2 Å². The molecule has 0 unspecified atom stereocenters. The fourth-order valence-corrected chi connectivity index (χ4v) is 4.90. The second-order valence-electron chi connectivity index (χ2n) is 9.77. The molecule has 0 saturated carbocycles. The third-order valence-corrected chi connectivity index (χ3v) is 6.39. The fraction of sp³-hybridized carbons (Fsp3) is 0.423. The van der Waals surface area contributed by atoms with Gasteiger partial charge in [-0.05, 0) is 44.4 Å². The number of Topliss-reactive ketones (excluding diaryl/α,β-unsaturated/α-hetero) is 1. The summed E-state index contributed by atoms with van der Waals surface area (Å²) < 4.78 is 5.56. The fourth-order valence-electron chi connectivity index (χ4n) is 4.90. The van der Waals surface area contributed by atoms with Gasteiger partial charge >= 0.3 is 12.1 Å². The molecule has 2 aromatic carbocycles. The molecule has 0 bridgehead atoms. The smallest absolute Gasteiger partial charge is 0.411 e. The SMILES string of the molecule is CC(C)(C)OC(=O)N1C[C@@H](N2CCc3ccccc32)C[C@@]1(C(=O)O)C(=O)Cc1ccccc1. The predicted octanol–water partition coefficient (Wildman–Crippen LogP) is 3.69. The van der Waals surface area contributed by atoms with E-state index in [-0.39, 0.29) is 25.4 Å². The molecule has 33 heavy (non-hydrogen) atoms. The standard InChI is InChI=1S/C26H30N2O5/c1-25(2,3)33-24(32)28-17-20(27-14-13-19-11-7-8-12-21(19)27)16-26(28,23(30)31)22(29)15-18-9-5-4-6-10-18/h4-12,20H,13-17H2,1-3H3,(H,30,31)/t20-,26-/m0/s1. The molecule has 1 saturated heterocycles. The number of carboxylic acids is 1. The minimum absolute atomic E-state index is 0.0155. The molecule has 4 rings (SSSR count). The first-order chi connectivity index (χ1) is 15.6. The molecule has 1 N–H and O–H groups in total. The van der Waals surface area contributed by atoms with Crippen LogP contribution in [0.15, 0.2) is 54.6 Å². The van der Waals surface area contributed by atoms with E-state index in [9.17, 15) is 19.5 Å². The van der Waals surface area contributed by atoms with Crippen molar-refractivity contribution in [2.24, 2.45) is 0 Å². The third kappa shape index (κ3) is 4.32. The number of para-hydroxylation sites is 1. The number of hydrogen-bond acceptors (Lipinski definition) is 5. The van der Waals surface area contributed by atoms with E-state index in [1.165, 1.54) is 5.56 Å². The number of amides is 1. The minimum Gasteiger partial charge on any atom is -0.479 e. The lowest BCUT2D eigenvalue weighted by molar-refractivity contribution is -0.155. The molecule has 2 aromatic rings. The van der Waals surface area contributed by atoms with E-state index in [1.54, 1.807) is 45.0 Å². The van der Waals surface area contributed by atoms with Crippen molar-refractivity contribution in [2.45, 2.75) is 57.2 Å². The van der Waals surface area contributed by atoms with E-state index in [0.717, 1.165) is 23.6 Å². The molecule has 1 amide bonds.